The second-order valence-electron chi connectivity index (χ2n) is 6.17. The summed E-state index contributed by atoms with van der Waals surface area (Å²) in [4.78, 5) is 14.2. The first-order valence-corrected chi connectivity index (χ1v) is 9.93. The molecule has 1 amide bonds. The van der Waals surface area contributed by atoms with Crippen molar-refractivity contribution in [2.45, 2.75) is 17.5 Å². The molecule has 0 saturated carbocycles. The van der Waals surface area contributed by atoms with E-state index in [1.165, 1.54) is 17.0 Å². The van der Waals surface area contributed by atoms with E-state index in [1.54, 1.807) is 42.5 Å². The normalized spacial score (nSPS) is 21.3. The highest BCUT2D eigenvalue weighted by Crippen LogP contribution is 2.23. The molecule has 1 saturated heterocycles. The van der Waals surface area contributed by atoms with Gasteiger partial charge in [0, 0.05) is 18.1 Å². The third-order valence-electron chi connectivity index (χ3n) is 4.18. The first-order valence-electron chi connectivity index (χ1n) is 8.12. The number of β-amino-alcohol motifs (C(OH)–C–C–N with tert-alkyl or cyclic N) is 1. The minimum Gasteiger partial charge on any atom is -0.593 e. The number of rotatable bonds is 4. The maximum Gasteiger partial charge on any atom is 0.241 e. The third-order valence-corrected chi connectivity index (χ3v) is 6.26. The Morgan fingerprint density at radius 2 is 1.77 bits per heavy atom. The fourth-order valence-corrected chi connectivity index (χ4v) is 4.43. The van der Waals surface area contributed by atoms with E-state index in [4.69, 9.17) is 11.6 Å². The molecule has 1 fully saturated rings. The van der Waals surface area contributed by atoms with Crippen molar-refractivity contribution in [3.05, 3.63) is 65.2 Å². The van der Waals surface area contributed by atoms with Crippen molar-refractivity contribution < 1.29 is 18.7 Å². The second-order valence-corrected chi connectivity index (χ2v) is 8.54. The van der Waals surface area contributed by atoms with Crippen molar-refractivity contribution in [2.75, 3.05) is 19.6 Å². The minimum atomic E-state index is -3.84. The van der Waals surface area contributed by atoms with Gasteiger partial charge in [-0.2, -0.15) is 0 Å². The van der Waals surface area contributed by atoms with Crippen molar-refractivity contribution in [1.29, 1.82) is 0 Å². The van der Waals surface area contributed by atoms with Gasteiger partial charge >= 0.3 is 0 Å². The quantitative estimate of drug-likeness (QED) is 0.803. The molecular formula is C18H19ClN2O4S. The van der Waals surface area contributed by atoms with Gasteiger partial charge in [-0.15, -0.1) is 4.31 Å². The zero-order valence-electron chi connectivity index (χ0n) is 14.0. The monoisotopic (exact) mass is 394 g/mol. The molecule has 2 unspecified atom stereocenters. The van der Waals surface area contributed by atoms with Crippen LogP contribution >= 0.6 is 11.6 Å². The number of benzene rings is 2. The molecule has 0 aliphatic carbocycles. The summed E-state index contributed by atoms with van der Waals surface area (Å²) in [5.41, 5.74) is 0.856. The highest BCUT2D eigenvalue weighted by Gasteiger charge is 2.37. The number of aliphatic hydroxyl groups excluding tert-OH is 1. The number of amides is 1. The lowest BCUT2D eigenvalue weighted by atomic mass is 10.2. The lowest BCUT2D eigenvalue weighted by Gasteiger charge is -2.26. The Morgan fingerprint density at radius 1 is 1.12 bits per heavy atom. The van der Waals surface area contributed by atoms with Gasteiger partial charge in [0.25, 0.3) is 0 Å². The van der Waals surface area contributed by atoms with Gasteiger partial charge in [-0.1, -0.05) is 46.1 Å². The molecule has 6 nitrogen and oxygen atoms in total. The van der Waals surface area contributed by atoms with Crippen LogP contribution in [0.15, 0.2) is 59.5 Å². The van der Waals surface area contributed by atoms with Crippen LogP contribution in [0.5, 0.6) is 0 Å². The number of carbonyl (C=O) groups excluding carboxylic acids is 1. The highest BCUT2D eigenvalue weighted by atomic mass is 35.5. The van der Waals surface area contributed by atoms with Crippen LogP contribution < -0.4 is 0 Å². The van der Waals surface area contributed by atoms with Crippen molar-refractivity contribution in [3.8, 4) is 0 Å². The van der Waals surface area contributed by atoms with Crippen molar-refractivity contribution in [2.24, 2.45) is 0 Å². The molecule has 1 N–H and O–H groups in total. The van der Waals surface area contributed by atoms with E-state index in [1.807, 2.05) is 0 Å². The Kier molecular flexibility index (Phi) is 5.74. The molecule has 0 aromatic heterocycles. The Morgan fingerprint density at radius 3 is 2.42 bits per heavy atom. The molecule has 138 valence electrons. The van der Waals surface area contributed by atoms with Crippen molar-refractivity contribution >= 4 is 27.9 Å². The van der Waals surface area contributed by atoms with Gasteiger partial charge in [-0.3, -0.25) is 4.79 Å². The van der Waals surface area contributed by atoms with Crippen LogP contribution in [0, 0.1) is 0 Å². The second kappa shape index (κ2) is 7.85. The minimum absolute atomic E-state index is 0.0717. The molecule has 26 heavy (non-hydrogen) atoms. The van der Waals surface area contributed by atoms with E-state index in [0.717, 1.165) is 9.87 Å². The van der Waals surface area contributed by atoms with E-state index < -0.39 is 16.5 Å². The van der Waals surface area contributed by atoms with Crippen LogP contribution in [0.25, 0.3) is 0 Å². The first-order chi connectivity index (χ1) is 12.4. The number of nitrogens with zero attached hydrogens (tertiary/aromatic N) is 2. The smallest absolute Gasteiger partial charge is 0.241 e. The molecule has 1 heterocycles. The molecule has 0 radical (unpaired) electrons. The topological polar surface area (TPSA) is 83.9 Å². The lowest BCUT2D eigenvalue weighted by Crippen LogP contribution is -2.42. The number of halogens is 1. The summed E-state index contributed by atoms with van der Waals surface area (Å²) in [6, 6.07) is 15.0. The largest absolute Gasteiger partial charge is 0.593 e. The summed E-state index contributed by atoms with van der Waals surface area (Å²) in [5, 5.41) is 10.9. The molecule has 8 heteroatoms. The van der Waals surface area contributed by atoms with E-state index in [0.29, 0.717) is 5.02 Å². The van der Waals surface area contributed by atoms with E-state index in [2.05, 4.69) is 0 Å². The molecule has 0 spiro atoms. The van der Waals surface area contributed by atoms with Gasteiger partial charge < -0.3 is 14.6 Å². The maximum absolute atomic E-state index is 12.8. The first kappa shape index (κ1) is 19.0. The predicted molar refractivity (Wildman–Crippen MR) is 98.0 cm³/mol. The lowest BCUT2D eigenvalue weighted by molar-refractivity contribution is -0.131. The molecule has 2 aromatic rings. The van der Waals surface area contributed by atoms with Crippen LogP contribution in [0.3, 0.4) is 0 Å². The van der Waals surface area contributed by atoms with Gasteiger partial charge in [-0.05, 0) is 29.8 Å². The maximum atomic E-state index is 12.8. The summed E-state index contributed by atoms with van der Waals surface area (Å²) in [6.45, 7) is -0.0729. The van der Waals surface area contributed by atoms with E-state index >= 15 is 0 Å². The Labute approximate surface area is 158 Å². The van der Waals surface area contributed by atoms with Gasteiger partial charge in [0.1, 0.15) is 6.54 Å². The van der Waals surface area contributed by atoms with Crippen LogP contribution in [0.4, 0.5) is 0 Å². The Hall–Kier alpha value is -1.77. The molecule has 1 aliphatic rings. The van der Waals surface area contributed by atoms with Gasteiger partial charge in [0.05, 0.1) is 12.6 Å². The van der Waals surface area contributed by atoms with E-state index in [9.17, 15) is 18.7 Å². The van der Waals surface area contributed by atoms with Crippen LogP contribution in [-0.4, -0.2) is 50.5 Å². The zero-order valence-corrected chi connectivity index (χ0v) is 15.5. The number of hydrogen-bond donors (Lipinski definition) is 1. The average Bonchev–Trinajstić information content (AvgIpc) is 2.76. The van der Waals surface area contributed by atoms with Crippen LogP contribution in [0.1, 0.15) is 5.56 Å². The molecule has 3 rings (SSSR count). The fraction of sp³-hybridized carbons (Fsp3) is 0.278. The molecular weight excluding hydrogens is 376 g/mol. The van der Waals surface area contributed by atoms with Crippen molar-refractivity contribution in [3.63, 3.8) is 0 Å². The molecule has 2 atom stereocenters. The van der Waals surface area contributed by atoms with Crippen LogP contribution in [-0.2, 0) is 25.9 Å². The number of aliphatic hydroxyl groups is 1. The summed E-state index contributed by atoms with van der Waals surface area (Å²) < 4.78 is 26.6. The molecule has 1 aliphatic heterocycles. The summed E-state index contributed by atoms with van der Waals surface area (Å²) in [5.74, 6) is -0.351. The Balaban J connectivity index is 1.78. The van der Waals surface area contributed by atoms with E-state index in [-0.39, 0.29) is 37.0 Å². The predicted octanol–water partition coefficient (Wildman–Crippen LogP) is 1.95. The average molecular weight is 395 g/mol. The molecule has 0 bridgehead atoms. The standard InChI is InChI=1S/C18H19ClN2O4S/c19-15-8-6-14(7-9-15)10-20-11-16(22)12-21(13-18(20)23)26(24,25)17-4-2-1-3-5-17/h1-9,16,22H,10-13H2. The van der Waals surface area contributed by atoms with Gasteiger partial charge in [-0.25, -0.2) is 0 Å². The number of sulfonamides is 1. The van der Waals surface area contributed by atoms with Gasteiger partial charge in [0.2, 0.25) is 5.91 Å². The van der Waals surface area contributed by atoms with Crippen LogP contribution in [0.2, 0.25) is 5.02 Å². The Bertz CT molecular complexity index is 816. The number of hydrogen-bond acceptors (Lipinski definition) is 4. The summed E-state index contributed by atoms with van der Waals surface area (Å²) >= 11 is 5.87. The van der Waals surface area contributed by atoms with Gasteiger partial charge in [0.15, 0.2) is 15.3 Å². The SMILES string of the molecule is O=C1CN([S+](=O)([O-])c2ccccc2)CC(O)CN1Cc1ccc(Cl)cc1. The summed E-state index contributed by atoms with van der Waals surface area (Å²) in [6.07, 6.45) is -0.966. The fourth-order valence-electron chi connectivity index (χ4n) is 2.85. The van der Waals surface area contributed by atoms with Crippen molar-refractivity contribution in [1.82, 2.24) is 9.21 Å². The summed E-state index contributed by atoms with van der Waals surface area (Å²) in [7, 11) is -3.84. The molecule has 2 aromatic carbocycles. The number of carbonyl (C=O) groups is 1. The zero-order chi connectivity index (χ0) is 18.7. The highest BCUT2D eigenvalue weighted by molar-refractivity contribution is 7.95. The third kappa shape index (κ3) is 4.31.